The summed E-state index contributed by atoms with van der Waals surface area (Å²) in [5.41, 5.74) is 0. The Kier molecular flexibility index (Phi) is 3.50. The van der Waals surface area contributed by atoms with E-state index in [0.717, 1.165) is 5.75 Å². The zero-order valence-corrected chi connectivity index (χ0v) is 7.99. The van der Waals surface area contributed by atoms with E-state index in [1.165, 1.54) is 0 Å². The van der Waals surface area contributed by atoms with Crippen LogP contribution in [0.5, 0.6) is 5.75 Å². The summed E-state index contributed by atoms with van der Waals surface area (Å²) in [5, 5.41) is 0. The van der Waals surface area contributed by atoms with Crippen LogP contribution in [0.2, 0.25) is 0 Å². The number of benzene rings is 1. The van der Waals surface area contributed by atoms with Gasteiger partial charge in [0.2, 0.25) is 0 Å². The van der Waals surface area contributed by atoms with Crippen molar-refractivity contribution in [2.24, 2.45) is 5.92 Å². The Morgan fingerprint density at radius 2 is 1.92 bits per heavy atom. The number of hydrogen-bond donors (Lipinski definition) is 0. The minimum atomic E-state index is 0.0451. The van der Waals surface area contributed by atoms with Crippen LogP contribution in [-0.2, 0) is 4.79 Å². The fourth-order valence-electron chi connectivity index (χ4n) is 0.838. The third kappa shape index (κ3) is 3.28. The van der Waals surface area contributed by atoms with Gasteiger partial charge in [-0.05, 0) is 12.1 Å². The molecule has 0 unspecified atom stereocenters. The van der Waals surface area contributed by atoms with Crippen molar-refractivity contribution in [1.29, 1.82) is 0 Å². The molecule has 1 rings (SSSR count). The van der Waals surface area contributed by atoms with Crippen LogP contribution in [0.25, 0.3) is 0 Å². The molecule has 0 amide bonds. The van der Waals surface area contributed by atoms with Crippen molar-refractivity contribution >= 4 is 5.78 Å². The summed E-state index contributed by atoms with van der Waals surface area (Å²) in [6.07, 6.45) is 0. The Morgan fingerprint density at radius 3 is 2.46 bits per heavy atom. The van der Waals surface area contributed by atoms with E-state index in [1.807, 2.05) is 44.2 Å². The number of ether oxygens (including phenoxy) is 1. The van der Waals surface area contributed by atoms with E-state index in [9.17, 15) is 4.79 Å². The van der Waals surface area contributed by atoms with Crippen LogP contribution >= 0.6 is 0 Å². The lowest BCUT2D eigenvalue weighted by Crippen LogP contribution is -2.16. The maximum absolute atomic E-state index is 11.2. The highest BCUT2D eigenvalue weighted by Crippen LogP contribution is 2.08. The van der Waals surface area contributed by atoms with Crippen molar-refractivity contribution in [3.8, 4) is 5.75 Å². The maximum Gasteiger partial charge on any atom is 0.172 e. The first-order valence-electron chi connectivity index (χ1n) is 4.40. The number of para-hydroxylation sites is 1. The molecular formula is C11H14O2. The lowest BCUT2D eigenvalue weighted by atomic mass is 10.1. The molecule has 1 aromatic rings. The van der Waals surface area contributed by atoms with Crippen LogP contribution in [0.4, 0.5) is 0 Å². The number of carbonyl (C=O) groups is 1. The van der Waals surface area contributed by atoms with Gasteiger partial charge in [0.1, 0.15) is 12.4 Å². The van der Waals surface area contributed by atoms with Gasteiger partial charge in [-0.2, -0.15) is 0 Å². The van der Waals surface area contributed by atoms with Gasteiger partial charge in [-0.25, -0.2) is 0 Å². The summed E-state index contributed by atoms with van der Waals surface area (Å²) in [6, 6.07) is 9.36. The van der Waals surface area contributed by atoms with Crippen LogP contribution in [-0.4, -0.2) is 12.4 Å². The summed E-state index contributed by atoms with van der Waals surface area (Å²) in [6.45, 7) is 3.91. The van der Waals surface area contributed by atoms with E-state index in [1.54, 1.807) is 0 Å². The highest BCUT2D eigenvalue weighted by atomic mass is 16.5. The molecule has 0 aliphatic rings. The molecule has 13 heavy (non-hydrogen) atoms. The number of rotatable bonds is 4. The molecule has 0 radical (unpaired) electrons. The molecule has 0 saturated carbocycles. The van der Waals surface area contributed by atoms with Gasteiger partial charge in [0, 0.05) is 5.92 Å². The number of carbonyl (C=O) groups excluding carboxylic acids is 1. The second-order valence-corrected chi connectivity index (χ2v) is 3.22. The molecule has 1 aromatic carbocycles. The third-order valence-electron chi connectivity index (χ3n) is 1.77. The summed E-state index contributed by atoms with van der Waals surface area (Å²) in [5.74, 6) is 0.920. The standard InChI is InChI=1S/C11H14O2/c1-9(2)11(12)8-13-10-6-4-3-5-7-10/h3-7,9H,8H2,1-2H3. The van der Waals surface area contributed by atoms with Crippen molar-refractivity contribution < 1.29 is 9.53 Å². The van der Waals surface area contributed by atoms with Gasteiger partial charge in [-0.15, -0.1) is 0 Å². The van der Waals surface area contributed by atoms with Crippen LogP contribution in [0.1, 0.15) is 13.8 Å². The lowest BCUT2D eigenvalue weighted by molar-refractivity contribution is -0.123. The van der Waals surface area contributed by atoms with Gasteiger partial charge in [0.15, 0.2) is 5.78 Å². The zero-order valence-electron chi connectivity index (χ0n) is 7.99. The molecule has 0 spiro atoms. The molecule has 0 atom stereocenters. The van der Waals surface area contributed by atoms with E-state index in [-0.39, 0.29) is 18.3 Å². The monoisotopic (exact) mass is 178 g/mol. The van der Waals surface area contributed by atoms with Crippen LogP contribution in [0.15, 0.2) is 30.3 Å². The molecule has 0 aromatic heterocycles. The van der Waals surface area contributed by atoms with Crippen molar-refractivity contribution in [2.75, 3.05) is 6.61 Å². The van der Waals surface area contributed by atoms with Crippen molar-refractivity contribution in [2.45, 2.75) is 13.8 Å². The summed E-state index contributed by atoms with van der Waals surface area (Å²) in [4.78, 5) is 11.2. The van der Waals surface area contributed by atoms with E-state index in [4.69, 9.17) is 4.74 Å². The lowest BCUT2D eigenvalue weighted by Gasteiger charge is -2.06. The molecule has 0 aliphatic heterocycles. The van der Waals surface area contributed by atoms with E-state index < -0.39 is 0 Å². The van der Waals surface area contributed by atoms with Crippen LogP contribution in [0.3, 0.4) is 0 Å². The smallest absolute Gasteiger partial charge is 0.172 e. The van der Waals surface area contributed by atoms with Gasteiger partial charge in [-0.3, -0.25) is 4.79 Å². The van der Waals surface area contributed by atoms with Gasteiger partial charge >= 0.3 is 0 Å². The SMILES string of the molecule is CC(C)C(=O)COc1ccccc1. The largest absolute Gasteiger partial charge is 0.486 e. The molecule has 0 aliphatic carbocycles. The van der Waals surface area contributed by atoms with Crippen LogP contribution in [0, 0.1) is 5.92 Å². The molecule has 0 fully saturated rings. The Bertz CT molecular complexity index is 265. The molecule has 0 heterocycles. The highest BCUT2D eigenvalue weighted by molar-refractivity contribution is 5.81. The molecule has 2 nitrogen and oxygen atoms in total. The average molecular weight is 178 g/mol. The normalized spacial score (nSPS) is 10.1. The summed E-state index contributed by atoms with van der Waals surface area (Å²) in [7, 11) is 0. The third-order valence-corrected chi connectivity index (χ3v) is 1.77. The molecule has 2 heteroatoms. The van der Waals surface area contributed by atoms with Gasteiger partial charge in [0.05, 0.1) is 0 Å². The van der Waals surface area contributed by atoms with E-state index in [0.29, 0.717) is 0 Å². The van der Waals surface area contributed by atoms with Gasteiger partial charge in [0.25, 0.3) is 0 Å². The Balaban J connectivity index is 2.40. The van der Waals surface area contributed by atoms with Crippen LogP contribution < -0.4 is 4.74 Å². The predicted molar refractivity (Wildman–Crippen MR) is 51.8 cm³/mol. The quantitative estimate of drug-likeness (QED) is 0.707. The molecule has 0 N–H and O–H groups in total. The summed E-state index contributed by atoms with van der Waals surface area (Å²) >= 11 is 0. The maximum atomic E-state index is 11.2. The Hall–Kier alpha value is -1.31. The zero-order chi connectivity index (χ0) is 9.68. The molecule has 70 valence electrons. The second-order valence-electron chi connectivity index (χ2n) is 3.22. The van der Waals surface area contributed by atoms with Crippen molar-refractivity contribution in [3.63, 3.8) is 0 Å². The average Bonchev–Trinajstić information content (AvgIpc) is 2.15. The minimum Gasteiger partial charge on any atom is -0.486 e. The highest BCUT2D eigenvalue weighted by Gasteiger charge is 2.07. The van der Waals surface area contributed by atoms with Gasteiger partial charge < -0.3 is 4.74 Å². The minimum absolute atomic E-state index is 0.0451. The fraction of sp³-hybridized carbons (Fsp3) is 0.364. The Labute approximate surface area is 78.5 Å². The van der Waals surface area contributed by atoms with E-state index >= 15 is 0 Å². The predicted octanol–water partition coefficient (Wildman–Crippen LogP) is 2.29. The number of ketones is 1. The summed E-state index contributed by atoms with van der Waals surface area (Å²) < 4.78 is 5.28. The van der Waals surface area contributed by atoms with Crippen molar-refractivity contribution in [1.82, 2.24) is 0 Å². The first-order valence-corrected chi connectivity index (χ1v) is 4.40. The number of hydrogen-bond acceptors (Lipinski definition) is 2. The van der Waals surface area contributed by atoms with Gasteiger partial charge in [-0.1, -0.05) is 32.0 Å². The first kappa shape index (κ1) is 9.78. The molecule has 0 saturated heterocycles. The Morgan fingerprint density at radius 1 is 1.31 bits per heavy atom. The second kappa shape index (κ2) is 4.65. The molecular weight excluding hydrogens is 164 g/mol. The van der Waals surface area contributed by atoms with E-state index in [2.05, 4.69) is 0 Å². The first-order chi connectivity index (χ1) is 6.20. The van der Waals surface area contributed by atoms with Crippen molar-refractivity contribution in [3.05, 3.63) is 30.3 Å². The molecule has 0 bridgehead atoms. The topological polar surface area (TPSA) is 26.3 Å². The fourth-order valence-corrected chi connectivity index (χ4v) is 0.838. The number of Topliss-reactive ketones (excluding diaryl/α,β-unsaturated/α-hetero) is 1.